The van der Waals surface area contributed by atoms with E-state index in [0.29, 0.717) is 35.6 Å². The summed E-state index contributed by atoms with van der Waals surface area (Å²) in [4.78, 5) is 42.4. The van der Waals surface area contributed by atoms with Gasteiger partial charge in [-0.05, 0) is 19.7 Å². The van der Waals surface area contributed by atoms with E-state index in [9.17, 15) is 14.4 Å². The van der Waals surface area contributed by atoms with Gasteiger partial charge in [0.1, 0.15) is 6.61 Å². The van der Waals surface area contributed by atoms with Crippen molar-refractivity contribution in [2.75, 3.05) is 45.4 Å². The molecule has 3 heterocycles. The first-order valence-corrected chi connectivity index (χ1v) is 11.3. The van der Waals surface area contributed by atoms with E-state index in [4.69, 9.17) is 15.2 Å². The Kier molecular flexibility index (Phi) is 5.36. The molecule has 3 N–H and O–H groups in total. The largest absolute Gasteiger partial charge is 0.449 e. The number of rotatable bonds is 8. The monoisotopic (exact) mass is 436 g/mol. The van der Waals surface area contributed by atoms with Crippen LogP contribution in [0, 0.1) is 5.92 Å². The predicted molar refractivity (Wildman–Crippen MR) is 112 cm³/mol. The second-order valence-corrected chi connectivity index (χ2v) is 9.36. The molecule has 0 aromatic carbocycles. The molecule has 0 aromatic rings. The third-order valence-corrected chi connectivity index (χ3v) is 7.60. The number of methoxy groups -OCH3 is 1. The summed E-state index contributed by atoms with van der Waals surface area (Å²) >= 11 is 1.76. The Labute approximate surface area is 180 Å². The summed E-state index contributed by atoms with van der Waals surface area (Å²) in [6.45, 7) is 4.81. The van der Waals surface area contributed by atoms with Gasteiger partial charge in [-0.1, -0.05) is 6.92 Å². The van der Waals surface area contributed by atoms with Crippen LogP contribution in [0.5, 0.6) is 0 Å². The molecule has 5 atom stereocenters. The maximum Gasteiger partial charge on any atom is 0.404 e. The van der Waals surface area contributed by atoms with E-state index in [1.165, 1.54) is 0 Å². The summed E-state index contributed by atoms with van der Waals surface area (Å²) < 4.78 is 11.2. The van der Waals surface area contributed by atoms with E-state index in [1.807, 2.05) is 11.9 Å². The zero-order valence-electron chi connectivity index (χ0n) is 17.7. The van der Waals surface area contributed by atoms with Gasteiger partial charge >= 0.3 is 6.09 Å². The van der Waals surface area contributed by atoms with Crippen LogP contribution >= 0.6 is 11.8 Å². The van der Waals surface area contributed by atoms with Crippen molar-refractivity contribution in [3.63, 3.8) is 0 Å². The molecule has 0 saturated carbocycles. The highest BCUT2D eigenvalue weighted by Crippen LogP contribution is 2.59. The van der Waals surface area contributed by atoms with Crippen LogP contribution in [-0.4, -0.2) is 90.6 Å². The van der Waals surface area contributed by atoms with Crippen LogP contribution in [0.4, 0.5) is 4.79 Å². The number of nitrogens with zero attached hydrogens (tertiary/aromatic N) is 2. The Bertz CT molecular complexity index is 871. The van der Waals surface area contributed by atoms with Crippen LogP contribution in [0.25, 0.3) is 0 Å². The molecule has 3 aliphatic heterocycles. The molecule has 9 nitrogen and oxygen atoms in total. The lowest BCUT2D eigenvalue weighted by Gasteiger charge is -2.40. The van der Waals surface area contributed by atoms with Crippen LogP contribution in [0.1, 0.15) is 13.8 Å². The quantitative estimate of drug-likeness (QED) is 0.310. The second-order valence-electron chi connectivity index (χ2n) is 7.97. The van der Waals surface area contributed by atoms with Crippen LogP contribution in [0.3, 0.4) is 0 Å². The molecule has 0 radical (unpaired) electrons. The lowest BCUT2D eigenvalue weighted by molar-refractivity contribution is -0.144. The first-order valence-electron chi connectivity index (χ1n) is 10.1. The smallest absolute Gasteiger partial charge is 0.404 e. The Morgan fingerprint density at radius 1 is 1.37 bits per heavy atom. The minimum absolute atomic E-state index is 0.00726. The van der Waals surface area contributed by atoms with Gasteiger partial charge in [-0.15, -0.1) is 0 Å². The number of carbonyl (C=O) groups excluding carboxylic acids is 3. The first-order chi connectivity index (χ1) is 14.3. The maximum absolute atomic E-state index is 13.6. The fraction of sp³-hybridized carbons (Fsp3) is 0.650. The molecule has 2 saturated heterocycles. The molecule has 164 valence electrons. The third-order valence-electron chi connectivity index (χ3n) is 6.70. The van der Waals surface area contributed by atoms with E-state index >= 15 is 0 Å². The number of fused-ring (bicyclic) bond motifs is 4. The molecule has 10 heteroatoms. The minimum Gasteiger partial charge on any atom is -0.449 e. The average Bonchev–Trinajstić information content (AvgIpc) is 3.10. The molecular formula is C20H28N4O5S. The summed E-state index contributed by atoms with van der Waals surface area (Å²) in [7, 11) is 3.57. The lowest BCUT2D eigenvalue weighted by atomic mass is 9.82. The number of nitrogens with one attached hydrogen (secondary N) is 1. The second kappa shape index (κ2) is 7.58. The highest BCUT2D eigenvalue weighted by molar-refractivity contribution is 7.99. The molecule has 4 aliphatic rings. The molecule has 0 spiro atoms. The van der Waals surface area contributed by atoms with Gasteiger partial charge in [0.2, 0.25) is 11.6 Å². The van der Waals surface area contributed by atoms with E-state index in [0.717, 1.165) is 11.5 Å². The van der Waals surface area contributed by atoms with Crippen molar-refractivity contribution in [2.24, 2.45) is 11.7 Å². The number of likely N-dealkylation sites (N-methyl/N-ethyl adjacent to an activating group) is 1. The van der Waals surface area contributed by atoms with Crippen molar-refractivity contribution < 1.29 is 23.9 Å². The third kappa shape index (κ3) is 2.80. The molecule has 1 amide bonds. The number of thioether (sulfide) groups is 1. The van der Waals surface area contributed by atoms with E-state index < -0.39 is 17.7 Å². The molecule has 0 bridgehead atoms. The van der Waals surface area contributed by atoms with Gasteiger partial charge in [-0.3, -0.25) is 14.5 Å². The fourth-order valence-electron chi connectivity index (χ4n) is 5.32. The van der Waals surface area contributed by atoms with Crippen molar-refractivity contribution in [1.29, 1.82) is 0 Å². The Morgan fingerprint density at radius 3 is 2.73 bits per heavy atom. The number of nitrogens with two attached hydrogens (primary N) is 1. The van der Waals surface area contributed by atoms with Crippen molar-refractivity contribution in [3.05, 3.63) is 22.5 Å². The van der Waals surface area contributed by atoms with Gasteiger partial charge in [0.25, 0.3) is 0 Å². The van der Waals surface area contributed by atoms with Gasteiger partial charge in [0, 0.05) is 43.1 Å². The van der Waals surface area contributed by atoms with Crippen LogP contribution < -0.4 is 11.1 Å². The summed E-state index contributed by atoms with van der Waals surface area (Å²) in [5.74, 6) is 0.804. The van der Waals surface area contributed by atoms with Crippen LogP contribution in [0.15, 0.2) is 22.5 Å². The Morgan fingerprint density at radius 2 is 2.10 bits per heavy atom. The summed E-state index contributed by atoms with van der Waals surface area (Å²) in [5.41, 5.74) is 5.77. The lowest BCUT2D eigenvalue weighted by Crippen LogP contribution is -2.55. The number of carbonyl (C=O) groups is 3. The summed E-state index contributed by atoms with van der Waals surface area (Å²) in [6, 6.07) is 0.237. The normalized spacial score (nSPS) is 34.2. The fourth-order valence-corrected chi connectivity index (χ4v) is 5.85. The first kappa shape index (κ1) is 21.2. The molecular weight excluding hydrogens is 408 g/mol. The van der Waals surface area contributed by atoms with Gasteiger partial charge in [-0.25, -0.2) is 4.79 Å². The number of Topliss-reactive ketones (excluding diaryl/α,β-unsaturated/α-hetero) is 2. The SMILES string of the molecule is CCSCCNC1=C(C)C(=O)C2=C(C1=O)[C@H](COC(N)=O)C1(OC)[C@H]3[C@@H](CN21)N3C. The van der Waals surface area contributed by atoms with Gasteiger partial charge in [0.15, 0.2) is 5.72 Å². The van der Waals surface area contributed by atoms with Crippen molar-refractivity contribution in [3.8, 4) is 0 Å². The van der Waals surface area contributed by atoms with E-state index in [-0.39, 0.29) is 30.3 Å². The molecule has 4 rings (SSSR count). The van der Waals surface area contributed by atoms with Gasteiger partial charge in [0.05, 0.1) is 23.4 Å². The van der Waals surface area contributed by atoms with Crippen molar-refractivity contribution in [2.45, 2.75) is 31.7 Å². The number of allylic oxidation sites excluding steroid dienone is 2. The van der Waals surface area contributed by atoms with Crippen LogP contribution in [-0.2, 0) is 19.1 Å². The van der Waals surface area contributed by atoms with Crippen LogP contribution in [0.2, 0.25) is 0 Å². The van der Waals surface area contributed by atoms with E-state index in [1.54, 1.807) is 25.8 Å². The number of ether oxygens (including phenoxy) is 2. The molecule has 1 aliphatic carbocycles. The highest BCUT2D eigenvalue weighted by atomic mass is 32.2. The standard InChI is InChI=1S/C20H28N4O5S/c1-5-30-7-6-22-14-10(2)16(25)15-13(17(14)26)11(9-29-19(21)27)20(28-4)18-12(23(18)3)8-24(15)20/h11-12,18,22H,5-9H2,1-4H3,(H2,21,27)/t11-,12+,18+,20?,23?/m0/s1. The molecule has 30 heavy (non-hydrogen) atoms. The molecule has 2 fully saturated rings. The zero-order valence-corrected chi connectivity index (χ0v) is 18.5. The summed E-state index contributed by atoms with van der Waals surface area (Å²) in [5, 5.41) is 3.16. The van der Waals surface area contributed by atoms with Crippen molar-refractivity contribution >= 4 is 29.4 Å². The van der Waals surface area contributed by atoms with Crippen molar-refractivity contribution in [1.82, 2.24) is 15.1 Å². The Balaban J connectivity index is 1.71. The number of hydrogen-bond acceptors (Lipinski definition) is 9. The Hall–Kier alpha value is -2.04. The maximum atomic E-state index is 13.6. The number of primary amides is 1. The molecule has 0 aromatic heterocycles. The van der Waals surface area contributed by atoms with E-state index in [2.05, 4.69) is 17.1 Å². The molecule has 2 unspecified atom stereocenters. The number of piperazine rings is 1. The zero-order chi connectivity index (χ0) is 21.8. The number of hydrogen-bond donors (Lipinski definition) is 2. The minimum atomic E-state index is -0.932. The average molecular weight is 437 g/mol. The predicted octanol–water partition coefficient (Wildman–Crippen LogP) is 0.0750. The van der Waals surface area contributed by atoms with Gasteiger partial charge < -0.3 is 25.4 Å². The van der Waals surface area contributed by atoms with Gasteiger partial charge in [-0.2, -0.15) is 11.8 Å². The number of amides is 1. The summed E-state index contributed by atoms with van der Waals surface area (Å²) in [6.07, 6.45) is -0.920. The topological polar surface area (TPSA) is 114 Å². The highest BCUT2D eigenvalue weighted by Gasteiger charge is 2.75. The number of ketones is 2.